The number of nitrogens with zero attached hydrogens (tertiary/aromatic N) is 3. The van der Waals surface area contributed by atoms with Crippen LogP contribution >= 0.6 is 15.9 Å². The molecule has 5 atom stereocenters. The number of ether oxygens (including phenoxy) is 4. The van der Waals surface area contributed by atoms with Gasteiger partial charge in [-0.15, -0.1) is 0 Å². The second kappa shape index (κ2) is 16.4. The molecule has 0 saturated carbocycles. The lowest BCUT2D eigenvalue weighted by atomic mass is 9.98. The smallest absolute Gasteiger partial charge is 0.407 e. The van der Waals surface area contributed by atoms with Crippen LogP contribution in [0.4, 0.5) is 10.6 Å². The first kappa shape index (κ1) is 38.3. The van der Waals surface area contributed by atoms with Gasteiger partial charge in [0, 0.05) is 28.7 Å². The maximum Gasteiger partial charge on any atom is 0.407 e. The van der Waals surface area contributed by atoms with Crippen LogP contribution in [0.3, 0.4) is 0 Å². The second-order valence-electron chi connectivity index (χ2n) is 14.0. The number of aromatic nitrogens is 2. The number of alkyl carbamates (subject to hydrolysis) is 1. The van der Waals surface area contributed by atoms with Gasteiger partial charge in [0.2, 0.25) is 5.62 Å². The minimum atomic E-state index is -1.17. The Bertz CT molecular complexity index is 2080. The van der Waals surface area contributed by atoms with Crippen molar-refractivity contribution in [2.45, 2.75) is 75.4 Å². The average Bonchev–Trinajstić information content (AvgIpc) is 3.79. The van der Waals surface area contributed by atoms with E-state index in [1.165, 1.54) is 0 Å². The van der Waals surface area contributed by atoms with Gasteiger partial charge >= 0.3 is 12.1 Å². The van der Waals surface area contributed by atoms with Gasteiger partial charge < -0.3 is 39.8 Å². The minimum Gasteiger partial charge on any atom is -0.480 e. The van der Waals surface area contributed by atoms with Gasteiger partial charge in [0.15, 0.2) is 12.0 Å². The Hall–Kier alpha value is -4.93. The van der Waals surface area contributed by atoms with Crippen molar-refractivity contribution in [3.8, 4) is 11.1 Å². The predicted molar refractivity (Wildman–Crippen MR) is 203 cm³/mol. The standard InChI is InChI=1S/C40H42BrN5O9/c1-40(2)54-33-31(21-47)53-36(34(33)55-40)46-20-18-32(44-35(48)23-14-16-24(41)17-15-23)45-38(46)42-19-8-7-13-30(37(49)50)43-39(51)52-22-29-27-11-5-3-9-25(27)26-10-4-6-12-28(26)29/h3-6,9-12,14-18,20,29-31,33-34,36,47H,7-8,13,19,21-22H2,1-2H3,(H,43,51)(H,49,50)(H,42,44,45,48)/t30-,31+,33+,34+,36+/m0/s1. The summed E-state index contributed by atoms with van der Waals surface area (Å²) in [7, 11) is 0. The number of fused-ring (bicyclic) bond motifs is 4. The maximum atomic E-state index is 13.0. The summed E-state index contributed by atoms with van der Waals surface area (Å²) in [6.07, 6.45) is -0.616. The molecule has 0 unspecified atom stereocenters. The van der Waals surface area contributed by atoms with Crippen molar-refractivity contribution in [3.63, 3.8) is 0 Å². The molecule has 0 bridgehead atoms. The van der Waals surface area contributed by atoms with Crippen LogP contribution in [0.15, 0.2) is 94.5 Å². The van der Waals surface area contributed by atoms with Gasteiger partial charge in [-0.3, -0.25) is 14.4 Å². The van der Waals surface area contributed by atoms with Crippen molar-refractivity contribution in [2.75, 3.05) is 25.1 Å². The Kier molecular flexibility index (Phi) is 11.5. The second-order valence-corrected chi connectivity index (χ2v) is 14.9. The van der Waals surface area contributed by atoms with Crippen LogP contribution < -0.4 is 16.3 Å². The molecule has 14 nitrogen and oxygen atoms in total. The lowest BCUT2D eigenvalue weighted by Crippen LogP contribution is -2.41. The molecule has 15 heteroatoms. The minimum absolute atomic E-state index is 0.0702. The van der Waals surface area contributed by atoms with Gasteiger partial charge in [0.05, 0.1) is 6.61 Å². The van der Waals surface area contributed by atoms with Crippen LogP contribution in [0.25, 0.3) is 11.1 Å². The molecule has 4 aromatic rings. The van der Waals surface area contributed by atoms with Crippen LogP contribution in [-0.2, 0) is 23.7 Å². The van der Waals surface area contributed by atoms with Crippen molar-refractivity contribution < 1.29 is 43.5 Å². The van der Waals surface area contributed by atoms with E-state index in [-0.39, 0.29) is 49.4 Å². The molecule has 7 rings (SSSR count). The van der Waals surface area contributed by atoms with E-state index in [1.54, 1.807) is 54.9 Å². The number of unbranched alkanes of at least 4 members (excludes halogenated alkanes) is 1. The first-order valence-corrected chi connectivity index (χ1v) is 18.9. The number of carboxylic acids is 1. The number of carbonyl (C=O) groups is 3. The summed E-state index contributed by atoms with van der Waals surface area (Å²) in [5.41, 5.74) is 4.96. The van der Waals surface area contributed by atoms with Crippen LogP contribution in [0, 0.1) is 0 Å². The summed E-state index contributed by atoms with van der Waals surface area (Å²) in [4.78, 5) is 47.3. The number of aliphatic carboxylic acids is 1. The Labute approximate surface area is 325 Å². The molecule has 3 aliphatic rings. The summed E-state index contributed by atoms with van der Waals surface area (Å²) in [6, 6.07) is 23.3. The Balaban J connectivity index is 1.00. The van der Waals surface area contributed by atoms with Gasteiger partial charge in [0.1, 0.15) is 36.8 Å². The predicted octanol–water partition coefficient (Wildman–Crippen LogP) is 5.37. The number of nitrogens with one attached hydrogen (secondary N) is 2. The summed E-state index contributed by atoms with van der Waals surface area (Å²) < 4.78 is 26.4. The lowest BCUT2D eigenvalue weighted by molar-refractivity contribution is -0.200. The third-order valence-electron chi connectivity index (χ3n) is 9.86. The van der Waals surface area contributed by atoms with Gasteiger partial charge in [-0.25, -0.2) is 9.59 Å². The third-order valence-corrected chi connectivity index (χ3v) is 10.4. The number of anilines is 1. The highest BCUT2D eigenvalue weighted by Crippen LogP contribution is 2.45. The molecule has 4 N–H and O–H groups in total. The van der Waals surface area contributed by atoms with Crippen LogP contribution in [-0.4, -0.2) is 87.6 Å². The lowest BCUT2D eigenvalue weighted by Gasteiger charge is -2.25. The summed E-state index contributed by atoms with van der Waals surface area (Å²) in [5, 5.41) is 25.3. The topological polar surface area (TPSA) is 183 Å². The van der Waals surface area contributed by atoms with Crippen LogP contribution in [0.2, 0.25) is 0 Å². The molecular weight excluding hydrogens is 774 g/mol. The monoisotopic (exact) mass is 815 g/mol. The molecule has 3 heterocycles. The van der Waals surface area contributed by atoms with Gasteiger partial charge in [-0.05, 0) is 85.7 Å². The molecule has 0 spiro atoms. The number of aliphatic hydroxyl groups is 1. The average molecular weight is 817 g/mol. The van der Waals surface area contributed by atoms with Crippen LogP contribution in [0.5, 0.6) is 0 Å². The number of rotatable bonds is 13. The number of hydrogen-bond acceptors (Lipinski definition) is 10. The van der Waals surface area contributed by atoms with Gasteiger partial charge in [0.25, 0.3) is 5.91 Å². The summed E-state index contributed by atoms with van der Waals surface area (Å²) in [5.74, 6) is -2.34. The number of hydrogen-bond donors (Lipinski definition) is 4. The fourth-order valence-electron chi connectivity index (χ4n) is 7.30. The van der Waals surface area contributed by atoms with E-state index >= 15 is 0 Å². The molecule has 3 aromatic carbocycles. The first-order chi connectivity index (χ1) is 26.5. The van der Waals surface area contributed by atoms with E-state index in [2.05, 4.69) is 31.5 Å². The van der Waals surface area contributed by atoms with E-state index in [4.69, 9.17) is 23.9 Å². The molecule has 1 aromatic heterocycles. The molecule has 2 aliphatic heterocycles. The Morgan fingerprint density at radius 3 is 2.31 bits per heavy atom. The molecule has 2 saturated heterocycles. The zero-order valence-electron chi connectivity index (χ0n) is 30.3. The Morgan fingerprint density at radius 1 is 0.964 bits per heavy atom. The molecule has 0 radical (unpaired) electrons. The van der Waals surface area contributed by atoms with Gasteiger partial charge in [-0.2, -0.15) is 4.98 Å². The SMILES string of the molecule is CC1(C)O[C@@H]2[C@H](O1)[C@@H](CO)O[C@H]2n1ccc(NC(=O)c2ccc(Br)cc2)nc1=NCCCC[C@H](NC(=O)OCC1c2ccccc2-c2ccccc21)C(=O)O. The summed E-state index contributed by atoms with van der Waals surface area (Å²) >= 11 is 3.37. The Morgan fingerprint density at radius 2 is 1.64 bits per heavy atom. The maximum absolute atomic E-state index is 13.0. The zero-order chi connectivity index (χ0) is 38.7. The van der Waals surface area contributed by atoms with E-state index < -0.39 is 48.4 Å². The number of halogens is 1. The first-order valence-electron chi connectivity index (χ1n) is 18.1. The zero-order valence-corrected chi connectivity index (χ0v) is 31.8. The van der Waals surface area contributed by atoms with Crippen molar-refractivity contribution in [3.05, 3.63) is 112 Å². The van der Waals surface area contributed by atoms with E-state index in [0.29, 0.717) is 18.4 Å². The van der Waals surface area contributed by atoms with Crippen LogP contribution in [0.1, 0.15) is 66.7 Å². The number of benzene rings is 3. The largest absolute Gasteiger partial charge is 0.480 e. The number of carbonyl (C=O) groups excluding carboxylic acids is 2. The third kappa shape index (κ3) is 8.50. The number of carboxylic acid groups (broad SMARTS) is 1. The normalized spacial score (nSPS) is 21.7. The molecule has 2 fully saturated rings. The van der Waals surface area contributed by atoms with Crippen molar-refractivity contribution in [2.24, 2.45) is 4.99 Å². The number of aliphatic hydroxyl groups excluding tert-OH is 1. The molecule has 288 valence electrons. The van der Waals surface area contributed by atoms with Crippen molar-refractivity contribution >= 4 is 39.7 Å². The highest BCUT2D eigenvalue weighted by molar-refractivity contribution is 9.10. The van der Waals surface area contributed by atoms with Gasteiger partial charge in [-0.1, -0.05) is 64.5 Å². The van der Waals surface area contributed by atoms with E-state index in [9.17, 15) is 24.6 Å². The highest BCUT2D eigenvalue weighted by Gasteiger charge is 2.55. The number of amides is 2. The summed E-state index contributed by atoms with van der Waals surface area (Å²) in [6.45, 7) is 3.60. The quantitative estimate of drug-likeness (QED) is 0.128. The fraction of sp³-hybridized carbons (Fsp3) is 0.375. The van der Waals surface area contributed by atoms with E-state index in [1.807, 2.05) is 48.5 Å². The van der Waals surface area contributed by atoms with Crippen molar-refractivity contribution in [1.29, 1.82) is 0 Å². The van der Waals surface area contributed by atoms with Crippen molar-refractivity contribution in [1.82, 2.24) is 14.9 Å². The molecule has 1 aliphatic carbocycles. The molecular formula is C40H42BrN5O9. The highest BCUT2D eigenvalue weighted by atomic mass is 79.9. The molecule has 2 amide bonds. The van der Waals surface area contributed by atoms with E-state index in [0.717, 1.165) is 26.7 Å². The molecule has 55 heavy (non-hydrogen) atoms. The fourth-order valence-corrected chi connectivity index (χ4v) is 7.57.